The lowest BCUT2D eigenvalue weighted by atomic mass is 10.1. The fraction of sp³-hybridized carbons (Fsp3) is 0.667. The van der Waals surface area contributed by atoms with Crippen LogP contribution in [-0.4, -0.2) is 35.1 Å². The molecule has 2 heterocycles. The zero-order chi connectivity index (χ0) is 12.4. The standard InChI is InChI=1S/C12H20N4O/c1-4-10-14-11(5-12(17)15-10)16-7-8(2)13-6-9(16)3/h5,8-9,13H,4,6-7H2,1-3H3,(H,14,15,17). The average molecular weight is 236 g/mol. The van der Waals surface area contributed by atoms with E-state index in [9.17, 15) is 4.79 Å². The summed E-state index contributed by atoms with van der Waals surface area (Å²) in [6.07, 6.45) is 0.749. The average Bonchev–Trinajstić information content (AvgIpc) is 2.31. The Morgan fingerprint density at radius 1 is 1.53 bits per heavy atom. The Kier molecular flexibility index (Phi) is 3.47. The molecule has 2 unspecified atom stereocenters. The molecule has 0 saturated carbocycles. The van der Waals surface area contributed by atoms with Crippen LogP contribution in [0.15, 0.2) is 10.9 Å². The molecule has 94 valence electrons. The molecule has 0 spiro atoms. The van der Waals surface area contributed by atoms with E-state index in [1.807, 2.05) is 6.92 Å². The second kappa shape index (κ2) is 4.87. The van der Waals surface area contributed by atoms with E-state index in [0.717, 1.165) is 31.2 Å². The maximum Gasteiger partial charge on any atom is 0.252 e. The first kappa shape index (κ1) is 12.1. The van der Waals surface area contributed by atoms with Crippen LogP contribution >= 0.6 is 0 Å². The van der Waals surface area contributed by atoms with Gasteiger partial charge in [-0.15, -0.1) is 0 Å². The number of aromatic nitrogens is 2. The highest BCUT2D eigenvalue weighted by molar-refractivity contribution is 5.40. The number of piperazine rings is 1. The monoisotopic (exact) mass is 236 g/mol. The molecule has 17 heavy (non-hydrogen) atoms. The number of anilines is 1. The van der Waals surface area contributed by atoms with E-state index < -0.39 is 0 Å². The van der Waals surface area contributed by atoms with Gasteiger partial charge in [0.2, 0.25) is 0 Å². The zero-order valence-corrected chi connectivity index (χ0v) is 10.7. The summed E-state index contributed by atoms with van der Waals surface area (Å²) >= 11 is 0. The quantitative estimate of drug-likeness (QED) is 0.786. The number of hydrogen-bond acceptors (Lipinski definition) is 4. The van der Waals surface area contributed by atoms with Crippen molar-refractivity contribution in [2.75, 3.05) is 18.0 Å². The van der Waals surface area contributed by atoms with Crippen LogP contribution in [0, 0.1) is 0 Å². The van der Waals surface area contributed by atoms with E-state index in [2.05, 4.69) is 34.0 Å². The molecule has 5 heteroatoms. The Morgan fingerprint density at radius 3 is 3.00 bits per heavy atom. The Morgan fingerprint density at radius 2 is 2.29 bits per heavy atom. The minimum absolute atomic E-state index is 0.0646. The summed E-state index contributed by atoms with van der Waals surface area (Å²) in [6, 6.07) is 2.39. The highest BCUT2D eigenvalue weighted by atomic mass is 16.1. The van der Waals surface area contributed by atoms with Gasteiger partial charge in [-0.2, -0.15) is 0 Å². The third-order valence-electron chi connectivity index (χ3n) is 3.17. The number of nitrogens with one attached hydrogen (secondary N) is 2. The molecule has 1 fully saturated rings. The highest BCUT2D eigenvalue weighted by Gasteiger charge is 2.23. The Bertz CT molecular complexity index is 442. The number of nitrogens with zero attached hydrogens (tertiary/aromatic N) is 2. The maximum absolute atomic E-state index is 11.6. The van der Waals surface area contributed by atoms with Crippen molar-refractivity contribution in [3.63, 3.8) is 0 Å². The zero-order valence-electron chi connectivity index (χ0n) is 10.7. The van der Waals surface area contributed by atoms with Crippen LogP contribution in [0.2, 0.25) is 0 Å². The van der Waals surface area contributed by atoms with Crippen LogP contribution < -0.4 is 15.8 Å². The molecule has 1 aromatic heterocycles. The first-order valence-electron chi connectivity index (χ1n) is 6.20. The van der Waals surface area contributed by atoms with Crippen molar-refractivity contribution < 1.29 is 0 Å². The minimum Gasteiger partial charge on any atom is -0.351 e. The first-order valence-corrected chi connectivity index (χ1v) is 6.20. The largest absolute Gasteiger partial charge is 0.351 e. The number of aromatic amines is 1. The molecular formula is C12H20N4O. The van der Waals surface area contributed by atoms with Gasteiger partial charge in [-0.1, -0.05) is 6.92 Å². The summed E-state index contributed by atoms with van der Waals surface area (Å²) in [7, 11) is 0. The normalized spacial score (nSPS) is 25.0. The van der Waals surface area contributed by atoms with Crippen molar-refractivity contribution in [2.45, 2.75) is 39.3 Å². The van der Waals surface area contributed by atoms with Gasteiger partial charge in [-0.05, 0) is 13.8 Å². The van der Waals surface area contributed by atoms with Crippen LogP contribution in [-0.2, 0) is 6.42 Å². The van der Waals surface area contributed by atoms with Crippen molar-refractivity contribution in [2.24, 2.45) is 0 Å². The lowest BCUT2D eigenvalue weighted by Gasteiger charge is -2.38. The van der Waals surface area contributed by atoms with Crippen LogP contribution in [0.3, 0.4) is 0 Å². The number of aryl methyl sites for hydroxylation is 1. The van der Waals surface area contributed by atoms with Gasteiger partial charge >= 0.3 is 0 Å². The second-order valence-corrected chi connectivity index (χ2v) is 4.71. The fourth-order valence-electron chi connectivity index (χ4n) is 2.15. The van der Waals surface area contributed by atoms with Gasteiger partial charge in [0.25, 0.3) is 5.56 Å². The SMILES string of the molecule is CCc1nc(N2CC(C)NCC2C)cc(=O)[nH]1. The van der Waals surface area contributed by atoms with E-state index in [4.69, 9.17) is 0 Å². The summed E-state index contributed by atoms with van der Waals surface area (Å²) in [6.45, 7) is 8.10. The van der Waals surface area contributed by atoms with E-state index in [1.54, 1.807) is 6.07 Å². The third kappa shape index (κ3) is 2.66. The van der Waals surface area contributed by atoms with Crippen molar-refractivity contribution in [1.29, 1.82) is 0 Å². The number of H-pyrrole nitrogens is 1. The molecular weight excluding hydrogens is 216 g/mol. The summed E-state index contributed by atoms with van der Waals surface area (Å²) in [5.41, 5.74) is -0.0646. The van der Waals surface area contributed by atoms with E-state index in [-0.39, 0.29) is 5.56 Å². The van der Waals surface area contributed by atoms with Crippen molar-refractivity contribution in [1.82, 2.24) is 15.3 Å². The Hall–Kier alpha value is -1.36. The third-order valence-corrected chi connectivity index (χ3v) is 3.17. The van der Waals surface area contributed by atoms with Gasteiger partial charge in [-0.3, -0.25) is 4.79 Å². The predicted octanol–water partition coefficient (Wildman–Crippen LogP) is 0.519. The second-order valence-electron chi connectivity index (χ2n) is 4.71. The van der Waals surface area contributed by atoms with Crippen molar-refractivity contribution in [3.8, 4) is 0 Å². The summed E-state index contributed by atoms with van der Waals surface area (Å²) in [5, 5.41) is 3.42. The molecule has 2 atom stereocenters. The minimum atomic E-state index is -0.0646. The van der Waals surface area contributed by atoms with Gasteiger partial charge < -0.3 is 15.2 Å². The molecule has 5 nitrogen and oxygen atoms in total. The lowest BCUT2D eigenvalue weighted by Crippen LogP contribution is -2.55. The summed E-state index contributed by atoms with van der Waals surface area (Å²) in [4.78, 5) is 21.0. The van der Waals surface area contributed by atoms with Crippen LogP contribution in [0.25, 0.3) is 0 Å². The molecule has 0 aromatic carbocycles. The van der Waals surface area contributed by atoms with Gasteiger partial charge in [0.1, 0.15) is 11.6 Å². The number of rotatable bonds is 2. The van der Waals surface area contributed by atoms with Gasteiger partial charge in [0.05, 0.1) is 0 Å². The van der Waals surface area contributed by atoms with E-state index >= 15 is 0 Å². The van der Waals surface area contributed by atoms with E-state index in [1.165, 1.54) is 0 Å². The summed E-state index contributed by atoms with van der Waals surface area (Å²) < 4.78 is 0. The van der Waals surface area contributed by atoms with Crippen LogP contribution in [0.4, 0.5) is 5.82 Å². The van der Waals surface area contributed by atoms with Crippen molar-refractivity contribution >= 4 is 5.82 Å². The van der Waals surface area contributed by atoms with Crippen LogP contribution in [0.1, 0.15) is 26.6 Å². The molecule has 1 saturated heterocycles. The van der Waals surface area contributed by atoms with Gasteiger partial charge in [-0.25, -0.2) is 4.98 Å². The topological polar surface area (TPSA) is 61.0 Å². The predicted molar refractivity (Wildman–Crippen MR) is 68.5 cm³/mol. The molecule has 0 radical (unpaired) electrons. The molecule has 0 amide bonds. The molecule has 0 bridgehead atoms. The first-order chi connectivity index (χ1) is 8.10. The van der Waals surface area contributed by atoms with E-state index in [0.29, 0.717) is 12.1 Å². The van der Waals surface area contributed by atoms with Crippen molar-refractivity contribution in [3.05, 3.63) is 22.2 Å². The fourth-order valence-corrected chi connectivity index (χ4v) is 2.15. The Balaban J connectivity index is 2.31. The van der Waals surface area contributed by atoms with Gasteiger partial charge in [0, 0.05) is 37.7 Å². The molecule has 2 N–H and O–H groups in total. The summed E-state index contributed by atoms with van der Waals surface area (Å²) in [5.74, 6) is 1.55. The highest BCUT2D eigenvalue weighted by Crippen LogP contribution is 2.15. The van der Waals surface area contributed by atoms with Crippen LogP contribution in [0.5, 0.6) is 0 Å². The molecule has 0 aliphatic carbocycles. The van der Waals surface area contributed by atoms with Gasteiger partial charge in [0.15, 0.2) is 0 Å². The molecule has 2 rings (SSSR count). The smallest absolute Gasteiger partial charge is 0.252 e. The molecule has 1 aliphatic rings. The number of hydrogen-bond donors (Lipinski definition) is 2. The maximum atomic E-state index is 11.6. The molecule has 1 aliphatic heterocycles. The lowest BCUT2D eigenvalue weighted by molar-refractivity contribution is 0.422. The molecule has 1 aromatic rings. The Labute approximate surface area is 101 Å².